The molecular formula is C11H12N2O3. The van der Waals surface area contributed by atoms with Crippen molar-refractivity contribution < 1.29 is 14.7 Å². The molecule has 0 saturated carbocycles. The lowest BCUT2D eigenvalue weighted by atomic mass is 10.2. The third kappa shape index (κ3) is 2.13. The summed E-state index contributed by atoms with van der Waals surface area (Å²) in [6.45, 7) is 0.684. The molecule has 1 unspecified atom stereocenters. The van der Waals surface area contributed by atoms with Gasteiger partial charge in [0.05, 0.1) is 5.56 Å². The second-order valence-corrected chi connectivity index (χ2v) is 3.66. The summed E-state index contributed by atoms with van der Waals surface area (Å²) in [4.78, 5) is 21.9. The highest BCUT2D eigenvalue weighted by atomic mass is 16.4. The number of benzene rings is 1. The van der Waals surface area contributed by atoms with Crippen molar-refractivity contribution in [3.8, 4) is 0 Å². The monoisotopic (exact) mass is 220 g/mol. The van der Waals surface area contributed by atoms with Crippen LogP contribution in [0.1, 0.15) is 16.8 Å². The van der Waals surface area contributed by atoms with E-state index in [9.17, 15) is 9.59 Å². The summed E-state index contributed by atoms with van der Waals surface area (Å²) in [5, 5.41) is 14.5. The van der Waals surface area contributed by atoms with E-state index in [-0.39, 0.29) is 17.5 Å². The number of amides is 1. The van der Waals surface area contributed by atoms with Gasteiger partial charge in [0.2, 0.25) is 5.91 Å². The Labute approximate surface area is 92.5 Å². The van der Waals surface area contributed by atoms with Crippen LogP contribution in [0, 0.1) is 0 Å². The number of hydrogen-bond donors (Lipinski definition) is 3. The second kappa shape index (κ2) is 4.22. The molecule has 1 aromatic rings. The van der Waals surface area contributed by atoms with E-state index >= 15 is 0 Å². The van der Waals surface area contributed by atoms with Gasteiger partial charge in [-0.1, -0.05) is 0 Å². The third-order valence-corrected chi connectivity index (χ3v) is 2.52. The van der Waals surface area contributed by atoms with E-state index in [4.69, 9.17) is 5.11 Å². The summed E-state index contributed by atoms with van der Waals surface area (Å²) in [5.74, 6) is -0.965. The Kier molecular flexibility index (Phi) is 2.76. The molecule has 1 amide bonds. The molecule has 1 fully saturated rings. The van der Waals surface area contributed by atoms with Crippen molar-refractivity contribution in [3.05, 3.63) is 29.8 Å². The number of carboxylic acid groups (broad SMARTS) is 1. The van der Waals surface area contributed by atoms with Gasteiger partial charge in [0, 0.05) is 12.2 Å². The minimum Gasteiger partial charge on any atom is -0.478 e. The van der Waals surface area contributed by atoms with Gasteiger partial charge >= 0.3 is 5.97 Å². The van der Waals surface area contributed by atoms with Crippen LogP contribution in [-0.2, 0) is 4.79 Å². The summed E-state index contributed by atoms with van der Waals surface area (Å²) in [6.07, 6.45) is 0.750. The zero-order valence-electron chi connectivity index (χ0n) is 8.56. The number of nitrogens with one attached hydrogen (secondary N) is 2. The number of anilines is 1. The molecule has 0 aliphatic carbocycles. The zero-order valence-corrected chi connectivity index (χ0v) is 8.56. The molecule has 1 heterocycles. The predicted octanol–water partition coefficient (Wildman–Crippen LogP) is 0.685. The number of carboxylic acids is 1. The largest absolute Gasteiger partial charge is 0.478 e. The topological polar surface area (TPSA) is 78.4 Å². The molecule has 1 saturated heterocycles. The minimum absolute atomic E-state index is 0.0117. The van der Waals surface area contributed by atoms with Gasteiger partial charge in [0.25, 0.3) is 0 Å². The Morgan fingerprint density at radius 3 is 2.56 bits per heavy atom. The molecule has 5 heteroatoms. The van der Waals surface area contributed by atoms with Gasteiger partial charge in [0.15, 0.2) is 0 Å². The molecule has 16 heavy (non-hydrogen) atoms. The van der Waals surface area contributed by atoms with Crippen molar-refractivity contribution in [1.29, 1.82) is 0 Å². The van der Waals surface area contributed by atoms with Crippen LogP contribution in [0.25, 0.3) is 0 Å². The fraction of sp³-hybridized carbons (Fsp3) is 0.273. The van der Waals surface area contributed by atoms with Gasteiger partial charge < -0.3 is 15.7 Å². The first-order valence-corrected chi connectivity index (χ1v) is 5.04. The van der Waals surface area contributed by atoms with Crippen LogP contribution in [0.2, 0.25) is 0 Å². The number of carbonyl (C=O) groups excluding carboxylic acids is 1. The summed E-state index contributed by atoms with van der Waals surface area (Å²) in [7, 11) is 0. The van der Waals surface area contributed by atoms with Crippen molar-refractivity contribution in [1.82, 2.24) is 5.32 Å². The van der Waals surface area contributed by atoms with Gasteiger partial charge in [-0.25, -0.2) is 4.79 Å². The summed E-state index contributed by atoms with van der Waals surface area (Å²) >= 11 is 0. The van der Waals surface area contributed by atoms with E-state index in [1.807, 2.05) is 0 Å². The average Bonchev–Trinajstić information content (AvgIpc) is 2.65. The smallest absolute Gasteiger partial charge is 0.335 e. The lowest BCUT2D eigenvalue weighted by Crippen LogP contribution is -2.29. The van der Waals surface area contributed by atoms with Crippen LogP contribution in [0.15, 0.2) is 24.3 Å². The normalized spacial score (nSPS) is 19.2. The number of carbonyl (C=O) groups is 2. The molecule has 1 aliphatic heterocycles. The molecule has 2 rings (SSSR count). The average molecular weight is 220 g/mol. The Hall–Kier alpha value is -2.04. The molecule has 3 N–H and O–H groups in total. The maximum absolute atomic E-state index is 11.3. The zero-order chi connectivity index (χ0) is 11.5. The summed E-state index contributed by atoms with van der Waals surface area (Å²) in [6, 6.07) is 6.13. The fourth-order valence-electron chi connectivity index (χ4n) is 1.64. The first kappa shape index (κ1) is 10.5. The molecule has 5 nitrogen and oxygen atoms in total. The van der Waals surface area contributed by atoms with E-state index in [0.717, 1.165) is 12.1 Å². The van der Waals surface area contributed by atoms with Gasteiger partial charge in [0.1, 0.15) is 6.04 Å². The fourth-order valence-corrected chi connectivity index (χ4v) is 1.64. The molecule has 0 spiro atoms. The van der Waals surface area contributed by atoms with Crippen LogP contribution in [-0.4, -0.2) is 29.6 Å². The van der Waals surface area contributed by atoms with Crippen LogP contribution in [0.5, 0.6) is 0 Å². The van der Waals surface area contributed by atoms with Crippen LogP contribution in [0.4, 0.5) is 5.69 Å². The molecule has 0 bridgehead atoms. The van der Waals surface area contributed by atoms with Crippen molar-refractivity contribution >= 4 is 17.6 Å². The van der Waals surface area contributed by atoms with Crippen LogP contribution < -0.4 is 10.6 Å². The highest BCUT2D eigenvalue weighted by Crippen LogP contribution is 2.13. The lowest BCUT2D eigenvalue weighted by molar-refractivity contribution is -0.119. The number of hydrogen-bond acceptors (Lipinski definition) is 3. The Morgan fingerprint density at radius 2 is 2.06 bits per heavy atom. The van der Waals surface area contributed by atoms with Crippen LogP contribution >= 0.6 is 0 Å². The van der Waals surface area contributed by atoms with E-state index in [1.54, 1.807) is 12.1 Å². The summed E-state index contributed by atoms with van der Waals surface area (Å²) < 4.78 is 0. The molecule has 0 aromatic heterocycles. The van der Waals surface area contributed by atoms with Gasteiger partial charge in [-0.15, -0.1) is 0 Å². The SMILES string of the molecule is O=C(O)c1ccc(NC2CCNC2=O)cc1. The van der Waals surface area contributed by atoms with Crippen LogP contribution in [0.3, 0.4) is 0 Å². The van der Waals surface area contributed by atoms with E-state index in [1.165, 1.54) is 12.1 Å². The standard InChI is InChI=1S/C11H12N2O3/c14-10-9(5-6-12-10)13-8-3-1-7(2-4-8)11(15)16/h1-4,9,13H,5-6H2,(H,12,14)(H,15,16). The van der Waals surface area contributed by atoms with E-state index in [2.05, 4.69) is 10.6 Å². The number of rotatable bonds is 3. The minimum atomic E-state index is -0.954. The Balaban J connectivity index is 2.05. The first-order valence-electron chi connectivity index (χ1n) is 5.04. The predicted molar refractivity (Wildman–Crippen MR) is 58.4 cm³/mol. The van der Waals surface area contributed by atoms with Crippen molar-refractivity contribution in [2.45, 2.75) is 12.5 Å². The highest BCUT2D eigenvalue weighted by Gasteiger charge is 2.23. The van der Waals surface area contributed by atoms with Crippen molar-refractivity contribution in [2.75, 3.05) is 11.9 Å². The molecule has 1 atom stereocenters. The quantitative estimate of drug-likeness (QED) is 0.700. The third-order valence-electron chi connectivity index (χ3n) is 2.52. The Bertz CT molecular complexity index is 414. The molecule has 1 aliphatic rings. The molecular weight excluding hydrogens is 208 g/mol. The van der Waals surface area contributed by atoms with Gasteiger partial charge in [-0.2, -0.15) is 0 Å². The van der Waals surface area contributed by atoms with E-state index < -0.39 is 5.97 Å². The van der Waals surface area contributed by atoms with E-state index in [0.29, 0.717) is 6.54 Å². The number of aromatic carboxylic acids is 1. The molecule has 0 radical (unpaired) electrons. The molecule has 84 valence electrons. The first-order chi connectivity index (χ1) is 7.66. The van der Waals surface area contributed by atoms with Gasteiger partial charge in [-0.3, -0.25) is 4.79 Å². The summed E-state index contributed by atoms with van der Waals surface area (Å²) in [5.41, 5.74) is 0.994. The maximum atomic E-state index is 11.3. The maximum Gasteiger partial charge on any atom is 0.335 e. The highest BCUT2D eigenvalue weighted by molar-refractivity contribution is 5.89. The molecule has 1 aromatic carbocycles. The van der Waals surface area contributed by atoms with Crippen molar-refractivity contribution in [3.63, 3.8) is 0 Å². The van der Waals surface area contributed by atoms with Crippen molar-refractivity contribution in [2.24, 2.45) is 0 Å². The van der Waals surface area contributed by atoms with Gasteiger partial charge in [-0.05, 0) is 30.7 Å². The second-order valence-electron chi connectivity index (χ2n) is 3.66. The Morgan fingerprint density at radius 1 is 1.38 bits per heavy atom. The lowest BCUT2D eigenvalue weighted by Gasteiger charge is -2.11.